The fraction of sp³-hybridized carbons (Fsp3) is 0.360. The average Bonchev–Trinajstić information content (AvgIpc) is 3.32. The molecule has 7 heteroatoms. The predicted octanol–water partition coefficient (Wildman–Crippen LogP) is 4.10. The van der Waals surface area contributed by atoms with Gasteiger partial charge in [0, 0.05) is 43.5 Å². The highest BCUT2D eigenvalue weighted by Crippen LogP contribution is 2.25. The number of hydrogen-bond acceptors (Lipinski definition) is 6. The predicted molar refractivity (Wildman–Crippen MR) is 127 cm³/mol. The van der Waals surface area contributed by atoms with Gasteiger partial charge in [-0.25, -0.2) is 4.98 Å². The maximum absolute atomic E-state index is 12.6. The quantitative estimate of drug-likeness (QED) is 0.516. The van der Waals surface area contributed by atoms with Crippen LogP contribution in [0.5, 0.6) is 11.5 Å². The van der Waals surface area contributed by atoms with Crippen LogP contribution in [0.15, 0.2) is 53.9 Å². The maximum Gasteiger partial charge on any atom is 0.222 e. The zero-order valence-electron chi connectivity index (χ0n) is 18.6. The average molecular weight is 452 g/mol. The van der Waals surface area contributed by atoms with E-state index in [0.717, 1.165) is 72.5 Å². The molecule has 3 aromatic rings. The Bertz CT molecular complexity index is 1010. The highest BCUT2D eigenvalue weighted by molar-refractivity contribution is 7.09. The van der Waals surface area contributed by atoms with E-state index in [1.165, 1.54) is 0 Å². The van der Waals surface area contributed by atoms with Gasteiger partial charge < -0.3 is 14.4 Å². The summed E-state index contributed by atoms with van der Waals surface area (Å²) < 4.78 is 10.4. The van der Waals surface area contributed by atoms with Crippen molar-refractivity contribution in [1.82, 2.24) is 14.8 Å². The summed E-state index contributed by atoms with van der Waals surface area (Å²) in [6.45, 7) is 4.14. The number of rotatable bonds is 8. The van der Waals surface area contributed by atoms with Crippen LogP contribution in [0, 0.1) is 0 Å². The number of benzene rings is 2. The van der Waals surface area contributed by atoms with Crippen LogP contribution in [0.3, 0.4) is 0 Å². The Morgan fingerprint density at radius 1 is 0.938 bits per heavy atom. The molecule has 168 valence electrons. The molecule has 0 spiro atoms. The molecule has 32 heavy (non-hydrogen) atoms. The van der Waals surface area contributed by atoms with E-state index in [2.05, 4.69) is 10.3 Å². The summed E-state index contributed by atoms with van der Waals surface area (Å²) in [4.78, 5) is 21.8. The first-order valence-electron chi connectivity index (χ1n) is 10.9. The molecule has 0 atom stereocenters. The largest absolute Gasteiger partial charge is 0.497 e. The molecular weight excluding hydrogens is 422 g/mol. The van der Waals surface area contributed by atoms with Crippen LogP contribution in [0.2, 0.25) is 0 Å². The number of carbonyl (C=O) groups is 1. The number of hydrogen-bond donors (Lipinski definition) is 0. The summed E-state index contributed by atoms with van der Waals surface area (Å²) in [5, 5.41) is 3.21. The van der Waals surface area contributed by atoms with E-state index in [0.29, 0.717) is 6.42 Å². The number of aromatic nitrogens is 1. The topological polar surface area (TPSA) is 54.9 Å². The molecule has 0 radical (unpaired) electrons. The van der Waals surface area contributed by atoms with Gasteiger partial charge in [-0.3, -0.25) is 9.69 Å². The second-order valence-corrected chi connectivity index (χ2v) is 8.80. The standard InChI is InChI=1S/C25H29N3O3S/c1-30-21-8-3-19(4-9-21)5-12-25(29)28-15-13-27(14-16-28)17-24-26-23(18-32-24)20-6-10-22(31-2)11-7-20/h3-4,6-11,18H,5,12-17H2,1-2H3. The number of aryl methyl sites for hydroxylation is 1. The molecule has 1 aliphatic rings. The molecule has 1 aromatic heterocycles. The fourth-order valence-electron chi connectivity index (χ4n) is 3.83. The molecule has 0 saturated carbocycles. The van der Waals surface area contributed by atoms with Gasteiger partial charge >= 0.3 is 0 Å². The minimum atomic E-state index is 0.233. The third-order valence-electron chi connectivity index (χ3n) is 5.81. The summed E-state index contributed by atoms with van der Waals surface area (Å²) in [6, 6.07) is 15.9. The van der Waals surface area contributed by atoms with Gasteiger partial charge in [-0.15, -0.1) is 11.3 Å². The molecular formula is C25H29N3O3S. The number of carbonyl (C=O) groups excluding carboxylic acids is 1. The Morgan fingerprint density at radius 3 is 2.19 bits per heavy atom. The number of amides is 1. The lowest BCUT2D eigenvalue weighted by molar-refractivity contribution is -0.133. The van der Waals surface area contributed by atoms with Crippen LogP contribution in [-0.2, 0) is 17.8 Å². The van der Waals surface area contributed by atoms with Crippen molar-refractivity contribution in [3.05, 3.63) is 64.5 Å². The molecule has 1 aliphatic heterocycles. The second kappa shape index (κ2) is 10.6. The Labute approximate surface area is 193 Å². The Hall–Kier alpha value is -2.90. The zero-order chi connectivity index (χ0) is 22.3. The van der Waals surface area contributed by atoms with Crippen LogP contribution >= 0.6 is 11.3 Å². The number of methoxy groups -OCH3 is 2. The molecule has 4 rings (SSSR count). The van der Waals surface area contributed by atoms with Gasteiger partial charge in [-0.05, 0) is 48.4 Å². The van der Waals surface area contributed by atoms with Gasteiger partial charge in [-0.2, -0.15) is 0 Å². The molecule has 0 aliphatic carbocycles. The Kier molecular flexibility index (Phi) is 7.39. The van der Waals surface area contributed by atoms with E-state index in [-0.39, 0.29) is 5.91 Å². The Morgan fingerprint density at radius 2 is 1.56 bits per heavy atom. The first-order valence-corrected chi connectivity index (χ1v) is 11.7. The van der Waals surface area contributed by atoms with E-state index < -0.39 is 0 Å². The van der Waals surface area contributed by atoms with Crippen molar-refractivity contribution in [3.63, 3.8) is 0 Å². The molecule has 2 aromatic carbocycles. The van der Waals surface area contributed by atoms with Crippen molar-refractivity contribution in [2.75, 3.05) is 40.4 Å². The molecule has 6 nitrogen and oxygen atoms in total. The number of piperazine rings is 1. The summed E-state index contributed by atoms with van der Waals surface area (Å²) in [7, 11) is 3.33. The zero-order valence-corrected chi connectivity index (χ0v) is 19.4. The van der Waals surface area contributed by atoms with Crippen LogP contribution in [0.4, 0.5) is 0 Å². The van der Waals surface area contributed by atoms with Crippen molar-refractivity contribution in [2.45, 2.75) is 19.4 Å². The minimum Gasteiger partial charge on any atom is -0.497 e. The number of nitrogens with zero attached hydrogens (tertiary/aromatic N) is 3. The minimum absolute atomic E-state index is 0.233. The molecule has 0 N–H and O–H groups in total. The van der Waals surface area contributed by atoms with Crippen molar-refractivity contribution in [1.29, 1.82) is 0 Å². The van der Waals surface area contributed by atoms with Crippen molar-refractivity contribution >= 4 is 17.2 Å². The highest BCUT2D eigenvalue weighted by atomic mass is 32.1. The van der Waals surface area contributed by atoms with E-state index >= 15 is 0 Å². The van der Waals surface area contributed by atoms with Crippen LogP contribution < -0.4 is 9.47 Å². The third kappa shape index (κ3) is 5.66. The van der Waals surface area contributed by atoms with Crippen LogP contribution in [0.25, 0.3) is 11.3 Å². The van der Waals surface area contributed by atoms with Crippen molar-refractivity contribution in [2.24, 2.45) is 0 Å². The van der Waals surface area contributed by atoms with Crippen LogP contribution in [-0.4, -0.2) is 61.1 Å². The third-order valence-corrected chi connectivity index (χ3v) is 6.64. The summed E-state index contributed by atoms with van der Waals surface area (Å²) >= 11 is 1.69. The fourth-order valence-corrected chi connectivity index (χ4v) is 4.67. The van der Waals surface area contributed by atoms with Gasteiger partial charge in [0.1, 0.15) is 16.5 Å². The monoisotopic (exact) mass is 451 g/mol. The summed E-state index contributed by atoms with van der Waals surface area (Å²) in [5.41, 5.74) is 3.26. The number of thiazole rings is 1. The molecule has 0 unspecified atom stereocenters. The summed E-state index contributed by atoms with van der Waals surface area (Å²) in [6.07, 6.45) is 1.31. The molecule has 1 amide bonds. The van der Waals surface area contributed by atoms with E-state index in [1.54, 1.807) is 25.6 Å². The van der Waals surface area contributed by atoms with Crippen molar-refractivity contribution in [3.8, 4) is 22.8 Å². The van der Waals surface area contributed by atoms with Crippen molar-refractivity contribution < 1.29 is 14.3 Å². The van der Waals surface area contributed by atoms with Gasteiger partial charge in [0.15, 0.2) is 0 Å². The van der Waals surface area contributed by atoms with E-state index in [9.17, 15) is 4.79 Å². The first-order chi connectivity index (χ1) is 15.6. The lowest BCUT2D eigenvalue weighted by atomic mass is 10.1. The Balaban J connectivity index is 1.23. The van der Waals surface area contributed by atoms with E-state index in [4.69, 9.17) is 14.5 Å². The smallest absolute Gasteiger partial charge is 0.222 e. The van der Waals surface area contributed by atoms with E-state index in [1.807, 2.05) is 53.4 Å². The molecule has 1 fully saturated rings. The second-order valence-electron chi connectivity index (χ2n) is 7.86. The van der Waals surface area contributed by atoms with Gasteiger partial charge in [-0.1, -0.05) is 12.1 Å². The van der Waals surface area contributed by atoms with Gasteiger partial charge in [0.25, 0.3) is 0 Å². The first kappa shape index (κ1) is 22.3. The molecule has 0 bridgehead atoms. The molecule has 1 saturated heterocycles. The van der Waals surface area contributed by atoms with Gasteiger partial charge in [0.2, 0.25) is 5.91 Å². The van der Waals surface area contributed by atoms with Gasteiger partial charge in [0.05, 0.1) is 26.5 Å². The highest BCUT2D eigenvalue weighted by Gasteiger charge is 2.21. The van der Waals surface area contributed by atoms with Crippen LogP contribution in [0.1, 0.15) is 17.0 Å². The molecule has 2 heterocycles. The number of ether oxygens (including phenoxy) is 2. The normalized spacial score (nSPS) is 14.4. The lowest BCUT2D eigenvalue weighted by Crippen LogP contribution is -2.48. The summed E-state index contributed by atoms with van der Waals surface area (Å²) in [5.74, 6) is 1.92. The maximum atomic E-state index is 12.6. The SMILES string of the molecule is COc1ccc(CCC(=O)N2CCN(Cc3nc(-c4ccc(OC)cc4)cs3)CC2)cc1. The lowest BCUT2D eigenvalue weighted by Gasteiger charge is -2.34.